The van der Waals surface area contributed by atoms with E-state index in [9.17, 15) is 5.26 Å². The first-order chi connectivity index (χ1) is 10.2. The lowest BCUT2D eigenvalue weighted by Crippen LogP contribution is -2.43. The monoisotopic (exact) mass is 288 g/mol. The van der Waals surface area contributed by atoms with Gasteiger partial charge >= 0.3 is 0 Å². The van der Waals surface area contributed by atoms with E-state index in [-0.39, 0.29) is 0 Å². The molecule has 21 heavy (non-hydrogen) atoms. The summed E-state index contributed by atoms with van der Waals surface area (Å²) in [6.07, 6.45) is 4.80. The van der Waals surface area contributed by atoms with Gasteiger partial charge in [-0.1, -0.05) is 39.3 Å². The Morgan fingerprint density at radius 3 is 2.43 bits per heavy atom. The molecule has 116 valence electrons. The molecule has 1 aromatic rings. The van der Waals surface area contributed by atoms with Crippen LogP contribution in [0.5, 0.6) is 5.75 Å². The second-order valence-electron chi connectivity index (χ2n) is 5.42. The summed E-state index contributed by atoms with van der Waals surface area (Å²) >= 11 is 0. The molecule has 0 radical (unpaired) electrons. The van der Waals surface area contributed by atoms with Gasteiger partial charge in [-0.3, -0.25) is 5.32 Å². The maximum Gasteiger partial charge on any atom is 0.119 e. The molecule has 3 nitrogen and oxygen atoms in total. The van der Waals surface area contributed by atoms with Gasteiger partial charge in [0.15, 0.2) is 0 Å². The Bertz CT molecular complexity index is 436. The van der Waals surface area contributed by atoms with E-state index >= 15 is 0 Å². The van der Waals surface area contributed by atoms with Crippen LogP contribution in [0.3, 0.4) is 0 Å². The molecule has 3 heteroatoms. The lowest BCUT2D eigenvalue weighted by molar-refractivity contribution is 0.277. The predicted octanol–water partition coefficient (Wildman–Crippen LogP) is 4.08. The van der Waals surface area contributed by atoms with Crippen molar-refractivity contribution in [1.82, 2.24) is 5.32 Å². The number of aryl methyl sites for hydroxylation is 1. The topological polar surface area (TPSA) is 45.0 Å². The fourth-order valence-corrected chi connectivity index (χ4v) is 2.51. The summed E-state index contributed by atoms with van der Waals surface area (Å²) in [5.41, 5.74) is 0.954. The van der Waals surface area contributed by atoms with E-state index in [1.54, 1.807) is 0 Å². The summed E-state index contributed by atoms with van der Waals surface area (Å²) in [6, 6.07) is 10.7. The van der Waals surface area contributed by atoms with Crippen molar-refractivity contribution >= 4 is 0 Å². The van der Waals surface area contributed by atoms with Crippen molar-refractivity contribution in [2.24, 2.45) is 0 Å². The quantitative estimate of drug-likeness (QED) is 0.660. The summed E-state index contributed by atoms with van der Waals surface area (Å²) in [7, 11) is 0. The van der Waals surface area contributed by atoms with Crippen LogP contribution in [-0.4, -0.2) is 18.7 Å². The fourth-order valence-electron chi connectivity index (χ4n) is 2.51. The van der Waals surface area contributed by atoms with Crippen molar-refractivity contribution in [2.45, 2.75) is 58.4 Å². The van der Waals surface area contributed by atoms with Gasteiger partial charge in [0, 0.05) is 0 Å². The third kappa shape index (κ3) is 5.77. The van der Waals surface area contributed by atoms with Gasteiger partial charge in [-0.05, 0) is 49.9 Å². The van der Waals surface area contributed by atoms with E-state index in [1.165, 1.54) is 5.56 Å². The van der Waals surface area contributed by atoms with Crippen molar-refractivity contribution in [3.63, 3.8) is 0 Å². The highest BCUT2D eigenvalue weighted by molar-refractivity contribution is 5.27. The smallest absolute Gasteiger partial charge is 0.119 e. The van der Waals surface area contributed by atoms with Crippen LogP contribution in [0.15, 0.2) is 24.3 Å². The molecule has 0 aliphatic heterocycles. The highest BCUT2D eigenvalue weighted by Crippen LogP contribution is 2.18. The molecule has 0 saturated carbocycles. The van der Waals surface area contributed by atoms with Crippen molar-refractivity contribution in [3.05, 3.63) is 29.8 Å². The van der Waals surface area contributed by atoms with Crippen LogP contribution >= 0.6 is 0 Å². The Hall–Kier alpha value is -1.53. The lowest BCUT2D eigenvalue weighted by atomic mass is 9.92. The molecule has 1 aromatic carbocycles. The summed E-state index contributed by atoms with van der Waals surface area (Å²) in [4.78, 5) is 0. The van der Waals surface area contributed by atoms with Gasteiger partial charge in [-0.15, -0.1) is 0 Å². The normalized spacial score (nSPS) is 13.4. The second-order valence-corrected chi connectivity index (χ2v) is 5.42. The van der Waals surface area contributed by atoms with Crippen molar-refractivity contribution in [2.75, 3.05) is 13.2 Å². The maximum absolute atomic E-state index is 9.35. The van der Waals surface area contributed by atoms with E-state index in [0.717, 1.165) is 44.4 Å². The number of hydrogen-bond donors (Lipinski definition) is 1. The number of benzene rings is 1. The van der Waals surface area contributed by atoms with E-state index in [4.69, 9.17) is 4.74 Å². The molecule has 0 aromatic heterocycles. The molecular weight excluding hydrogens is 260 g/mol. The van der Waals surface area contributed by atoms with Gasteiger partial charge in [0.25, 0.3) is 0 Å². The second kappa shape index (κ2) is 9.41. The highest BCUT2D eigenvalue weighted by Gasteiger charge is 2.25. The molecule has 0 fully saturated rings. The summed E-state index contributed by atoms with van der Waals surface area (Å²) in [5, 5.41) is 12.7. The van der Waals surface area contributed by atoms with Crippen molar-refractivity contribution < 1.29 is 4.74 Å². The average Bonchev–Trinajstić information content (AvgIpc) is 2.52. The predicted molar refractivity (Wildman–Crippen MR) is 87.5 cm³/mol. The van der Waals surface area contributed by atoms with E-state index in [2.05, 4.69) is 37.4 Å². The van der Waals surface area contributed by atoms with Crippen molar-refractivity contribution in [3.8, 4) is 11.8 Å². The number of nitriles is 1. The zero-order valence-corrected chi connectivity index (χ0v) is 13.6. The molecule has 1 rings (SSSR count). The average molecular weight is 288 g/mol. The van der Waals surface area contributed by atoms with Gasteiger partial charge in [0.2, 0.25) is 0 Å². The van der Waals surface area contributed by atoms with Crippen LogP contribution < -0.4 is 10.1 Å². The molecule has 1 unspecified atom stereocenters. The number of rotatable bonds is 10. The highest BCUT2D eigenvalue weighted by atomic mass is 16.5. The summed E-state index contributed by atoms with van der Waals surface area (Å²) in [6.45, 7) is 7.75. The molecular formula is C18H28N2O. The largest absolute Gasteiger partial charge is 0.494 e. The zero-order chi connectivity index (χ0) is 15.6. The van der Waals surface area contributed by atoms with Gasteiger partial charge in [0.1, 0.15) is 11.3 Å². The minimum Gasteiger partial charge on any atom is -0.494 e. The van der Waals surface area contributed by atoms with E-state index in [0.29, 0.717) is 6.61 Å². The molecule has 0 amide bonds. The molecule has 0 saturated heterocycles. The first kappa shape index (κ1) is 17.5. The van der Waals surface area contributed by atoms with Crippen molar-refractivity contribution in [1.29, 1.82) is 5.26 Å². The lowest BCUT2D eigenvalue weighted by Gasteiger charge is -2.25. The molecule has 1 atom stereocenters. The van der Waals surface area contributed by atoms with Crippen LogP contribution in [0.1, 0.15) is 52.0 Å². The minimum absolute atomic E-state index is 0.400. The van der Waals surface area contributed by atoms with Crippen LogP contribution in [0.4, 0.5) is 0 Å². The Balaban J connectivity index is 2.37. The minimum atomic E-state index is -0.400. The summed E-state index contributed by atoms with van der Waals surface area (Å²) < 4.78 is 5.76. The number of nitrogens with zero attached hydrogens (tertiary/aromatic N) is 1. The van der Waals surface area contributed by atoms with Gasteiger partial charge < -0.3 is 4.74 Å². The molecule has 0 spiro atoms. The Morgan fingerprint density at radius 2 is 1.90 bits per heavy atom. The van der Waals surface area contributed by atoms with E-state index in [1.807, 2.05) is 19.1 Å². The Labute approximate surface area is 129 Å². The zero-order valence-electron chi connectivity index (χ0n) is 13.6. The first-order valence-corrected chi connectivity index (χ1v) is 8.07. The Kier molecular flexibility index (Phi) is 7.85. The molecule has 0 aliphatic carbocycles. The van der Waals surface area contributed by atoms with Crippen LogP contribution in [0.25, 0.3) is 0 Å². The molecule has 1 N–H and O–H groups in total. The summed E-state index contributed by atoms with van der Waals surface area (Å²) in [5.74, 6) is 0.914. The van der Waals surface area contributed by atoms with Gasteiger partial charge in [-0.25, -0.2) is 0 Å². The maximum atomic E-state index is 9.35. The van der Waals surface area contributed by atoms with E-state index < -0.39 is 5.54 Å². The first-order valence-electron chi connectivity index (χ1n) is 8.07. The SMILES string of the molecule is CCCc1ccc(OCCCC(C#N)(CC)NCC)cc1. The van der Waals surface area contributed by atoms with Crippen LogP contribution in [0.2, 0.25) is 0 Å². The van der Waals surface area contributed by atoms with Gasteiger partial charge in [0.05, 0.1) is 12.7 Å². The van der Waals surface area contributed by atoms with Gasteiger partial charge in [-0.2, -0.15) is 5.26 Å². The van der Waals surface area contributed by atoms with Crippen LogP contribution in [-0.2, 0) is 6.42 Å². The fraction of sp³-hybridized carbons (Fsp3) is 0.611. The Morgan fingerprint density at radius 1 is 1.19 bits per heavy atom. The van der Waals surface area contributed by atoms with Crippen LogP contribution in [0, 0.1) is 11.3 Å². The third-order valence-corrected chi connectivity index (χ3v) is 3.81. The number of ether oxygens (including phenoxy) is 1. The third-order valence-electron chi connectivity index (χ3n) is 3.81. The molecule has 0 bridgehead atoms. The molecule has 0 aliphatic rings. The molecule has 0 heterocycles. The standard InChI is InChI=1S/C18H28N2O/c1-4-8-16-9-11-17(12-10-16)21-14-7-13-18(5-2,15-19)20-6-3/h9-12,20H,4-8,13-14H2,1-3H3. The number of nitrogens with one attached hydrogen (secondary N) is 1. The number of hydrogen-bond acceptors (Lipinski definition) is 3.